The molecule has 2 atom stereocenters. The maximum atomic E-state index is 14.0. The minimum absolute atomic E-state index is 0.0463. The number of allylic oxidation sites excluding steroid dienone is 1. The first-order valence-corrected chi connectivity index (χ1v) is 11.2. The SMILES string of the molecule is CC(C)=CCN1C(=O)[C@]2(O[C@H](COc3ccccc3)CC3=C2CCC3)c2ccccc21. The molecule has 0 aromatic heterocycles. The Kier molecular flexibility index (Phi) is 5.19. The van der Waals surface area contributed by atoms with Crippen molar-refractivity contribution in [3.63, 3.8) is 0 Å². The van der Waals surface area contributed by atoms with E-state index in [4.69, 9.17) is 9.47 Å². The third kappa shape index (κ3) is 3.39. The molecule has 0 N–H and O–H groups in total. The molecule has 0 unspecified atom stereocenters. The summed E-state index contributed by atoms with van der Waals surface area (Å²) in [5.41, 5.74) is 4.74. The van der Waals surface area contributed by atoms with Crippen LogP contribution in [0.15, 0.2) is 77.4 Å². The summed E-state index contributed by atoms with van der Waals surface area (Å²) < 4.78 is 12.8. The molecule has 0 bridgehead atoms. The van der Waals surface area contributed by atoms with Crippen LogP contribution in [-0.2, 0) is 15.1 Å². The lowest BCUT2D eigenvalue weighted by atomic mass is 9.81. The number of ether oxygens (including phenoxy) is 2. The molecule has 0 fully saturated rings. The molecule has 1 amide bonds. The van der Waals surface area contributed by atoms with Crippen molar-refractivity contribution in [3.05, 3.63) is 83.0 Å². The Morgan fingerprint density at radius 1 is 1.13 bits per heavy atom. The maximum Gasteiger partial charge on any atom is 0.268 e. The van der Waals surface area contributed by atoms with Gasteiger partial charge in [0.05, 0.1) is 11.8 Å². The largest absolute Gasteiger partial charge is 0.491 e. The Labute approximate surface area is 184 Å². The zero-order valence-electron chi connectivity index (χ0n) is 18.3. The summed E-state index contributed by atoms with van der Waals surface area (Å²) >= 11 is 0. The number of hydrogen-bond donors (Lipinski definition) is 0. The molecule has 4 nitrogen and oxygen atoms in total. The van der Waals surface area contributed by atoms with E-state index < -0.39 is 5.60 Å². The molecular formula is C27H29NO3. The van der Waals surface area contributed by atoms with Gasteiger partial charge < -0.3 is 14.4 Å². The highest BCUT2D eigenvalue weighted by molar-refractivity contribution is 6.09. The highest BCUT2D eigenvalue weighted by Gasteiger charge is 2.58. The number of carbonyl (C=O) groups is 1. The number of anilines is 1. The Balaban J connectivity index is 1.52. The fourth-order valence-corrected chi connectivity index (χ4v) is 5.17. The normalized spacial score (nSPS) is 24.4. The smallest absolute Gasteiger partial charge is 0.268 e. The van der Waals surface area contributed by atoms with Crippen molar-refractivity contribution in [1.82, 2.24) is 0 Å². The summed E-state index contributed by atoms with van der Waals surface area (Å²) in [5, 5.41) is 0. The van der Waals surface area contributed by atoms with E-state index in [1.54, 1.807) is 0 Å². The van der Waals surface area contributed by atoms with Crippen LogP contribution in [0.1, 0.15) is 45.1 Å². The number of para-hydroxylation sites is 2. The van der Waals surface area contributed by atoms with E-state index in [2.05, 4.69) is 26.0 Å². The van der Waals surface area contributed by atoms with E-state index >= 15 is 0 Å². The number of hydrogen-bond acceptors (Lipinski definition) is 3. The summed E-state index contributed by atoms with van der Waals surface area (Å²) in [7, 11) is 0. The first-order chi connectivity index (χ1) is 15.1. The first-order valence-electron chi connectivity index (χ1n) is 11.2. The van der Waals surface area contributed by atoms with Crippen LogP contribution in [0.2, 0.25) is 0 Å². The Morgan fingerprint density at radius 3 is 2.71 bits per heavy atom. The first kappa shape index (κ1) is 20.1. The summed E-state index contributed by atoms with van der Waals surface area (Å²) in [6.07, 6.45) is 5.86. The third-order valence-corrected chi connectivity index (χ3v) is 6.56. The van der Waals surface area contributed by atoms with Gasteiger partial charge in [-0.25, -0.2) is 0 Å². The minimum Gasteiger partial charge on any atom is -0.491 e. The van der Waals surface area contributed by atoms with Crippen LogP contribution >= 0.6 is 0 Å². The fourth-order valence-electron chi connectivity index (χ4n) is 5.17. The van der Waals surface area contributed by atoms with Gasteiger partial charge >= 0.3 is 0 Å². The zero-order valence-corrected chi connectivity index (χ0v) is 18.3. The zero-order chi connectivity index (χ0) is 21.4. The molecule has 2 aliphatic heterocycles. The van der Waals surface area contributed by atoms with Crippen LogP contribution in [0.3, 0.4) is 0 Å². The van der Waals surface area contributed by atoms with Crippen molar-refractivity contribution >= 4 is 11.6 Å². The second-order valence-electron chi connectivity index (χ2n) is 8.90. The van der Waals surface area contributed by atoms with Crippen molar-refractivity contribution < 1.29 is 14.3 Å². The Hall–Kier alpha value is -2.85. The summed E-state index contributed by atoms with van der Waals surface area (Å²) in [4.78, 5) is 15.9. The fraction of sp³-hybridized carbons (Fsp3) is 0.370. The van der Waals surface area contributed by atoms with Crippen LogP contribution < -0.4 is 9.64 Å². The second-order valence-corrected chi connectivity index (χ2v) is 8.90. The van der Waals surface area contributed by atoms with Crippen molar-refractivity contribution in [2.75, 3.05) is 18.1 Å². The molecular weight excluding hydrogens is 386 g/mol. The molecule has 1 aliphatic carbocycles. The topological polar surface area (TPSA) is 38.8 Å². The van der Waals surface area contributed by atoms with Gasteiger partial charge in [-0.1, -0.05) is 53.6 Å². The van der Waals surface area contributed by atoms with Gasteiger partial charge in [0.15, 0.2) is 5.60 Å². The predicted octanol–water partition coefficient (Wildman–Crippen LogP) is 5.54. The lowest BCUT2D eigenvalue weighted by molar-refractivity contribution is -0.151. The highest BCUT2D eigenvalue weighted by atomic mass is 16.6. The van der Waals surface area contributed by atoms with Gasteiger partial charge in [0, 0.05) is 12.1 Å². The molecule has 31 heavy (non-hydrogen) atoms. The van der Waals surface area contributed by atoms with E-state index in [-0.39, 0.29) is 12.0 Å². The third-order valence-electron chi connectivity index (χ3n) is 6.56. The standard InChI is InChI=1S/C27H29NO3/c1-19(2)15-16-28-25-14-7-6-12-24(25)27(26(28)29)23-13-8-9-20(23)17-22(31-27)18-30-21-10-4-3-5-11-21/h3-7,10-12,14-15,22H,8-9,13,16-18H2,1-2H3/t22-,27+/m0/s1. The molecule has 5 rings (SSSR count). The predicted molar refractivity (Wildman–Crippen MR) is 122 cm³/mol. The summed E-state index contributed by atoms with van der Waals surface area (Å²) in [5.74, 6) is 0.875. The highest BCUT2D eigenvalue weighted by Crippen LogP contribution is 2.55. The quantitative estimate of drug-likeness (QED) is 0.602. The molecule has 0 saturated carbocycles. The van der Waals surface area contributed by atoms with Crippen LogP contribution in [-0.4, -0.2) is 25.2 Å². The molecule has 0 radical (unpaired) electrons. The lowest BCUT2D eigenvalue weighted by Crippen LogP contribution is -2.49. The average molecular weight is 416 g/mol. The van der Waals surface area contributed by atoms with Crippen LogP contribution in [0.25, 0.3) is 0 Å². The van der Waals surface area contributed by atoms with Crippen LogP contribution in [0, 0.1) is 0 Å². The van der Waals surface area contributed by atoms with Crippen molar-refractivity contribution in [2.24, 2.45) is 0 Å². The van der Waals surface area contributed by atoms with E-state index in [1.807, 2.05) is 53.4 Å². The molecule has 2 heterocycles. The molecule has 3 aliphatic rings. The van der Waals surface area contributed by atoms with Crippen molar-refractivity contribution in [2.45, 2.75) is 51.2 Å². The number of fused-ring (bicyclic) bond motifs is 3. The molecule has 2 aromatic rings. The van der Waals surface area contributed by atoms with E-state index in [0.29, 0.717) is 13.2 Å². The minimum atomic E-state index is -0.999. The Morgan fingerprint density at radius 2 is 1.90 bits per heavy atom. The monoisotopic (exact) mass is 415 g/mol. The molecule has 4 heteroatoms. The van der Waals surface area contributed by atoms with E-state index in [0.717, 1.165) is 42.7 Å². The van der Waals surface area contributed by atoms with Gasteiger partial charge in [-0.15, -0.1) is 0 Å². The number of amides is 1. The number of carbonyl (C=O) groups excluding carboxylic acids is 1. The van der Waals surface area contributed by atoms with Crippen LogP contribution in [0.5, 0.6) is 5.75 Å². The molecule has 2 aromatic carbocycles. The number of nitrogens with zero attached hydrogens (tertiary/aromatic N) is 1. The number of benzene rings is 2. The van der Waals surface area contributed by atoms with Gasteiger partial charge in [0.1, 0.15) is 12.4 Å². The van der Waals surface area contributed by atoms with Crippen molar-refractivity contribution in [3.8, 4) is 5.75 Å². The molecule has 160 valence electrons. The molecule has 0 saturated heterocycles. The summed E-state index contributed by atoms with van der Waals surface area (Å²) in [6, 6.07) is 17.9. The van der Waals surface area contributed by atoms with Gasteiger partial charge in [0.25, 0.3) is 5.91 Å². The van der Waals surface area contributed by atoms with Crippen LogP contribution in [0.4, 0.5) is 5.69 Å². The van der Waals surface area contributed by atoms with Gasteiger partial charge in [0.2, 0.25) is 0 Å². The van der Waals surface area contributed by atoms with Gasteiger partial charge in [-0.3, -0.25) is 4.79 Å². The second kappa shape index (κ2) is 8.01. The molecule has 1 spiro atoms. The van der Waals surface area contributed by atoms with Gasteiger partial charge in [-0.2, -0.15) is 0 Å². The van der Waals surface area contributed by atoms with Crippen molar-refractivity contribution in [1.29, 1.82) is 0 Å². The van der Waals surface area contributed by atoms with E-state index in [9.17, 15) is 4.79 Å². The maximum absolute atomic E-state index is 14.0. The van der Waals surface area contributed by atoms with Gasteiger partial charge in [-0.05, 0) is 63.3 Å². The van der Waals surface area contributed by atoms with E-state index in [1.165, 1.54) is 16.7 Å². The average Bonchev–Trinajstić information content (AvgIpc) is 3.34. The lowest BCUT2D eigenvalue weighted by Gasteiger charge is -2.39. The number of rotatable bonds is 5. The Bertz CT molecular complexity index is 1050. The summed E-state index contributed by atoms with van der Waals surface area (Å²) in [6.45, 7) is 5.13.